The number of fused-ring (bicyclic) bond motifs is 9. The van der Waals surface area contributed by atoms with Crippen LogP contribution in [0.5, 0.6) is 0 Å². The second-order valence-electron chi connectivity index (χ2n) is 7.99. The van der Waals surface area contributed by atoms with Gasteiger partial charge in [-0.3, -0.25) is 0 Å². The monoisotopic (exact) mass is 427 g/mol. The Balaban J connectivity index is 0.000000192. The van der Waals surface area contributed by atoms with Crippen molar-refractivity contribution in [2.24, 2.45) is 0 Å². The molecule has 0 saturated carbocycles. The van der Waals surface area contributed by atoms with Gasteiger partial charge in [0.2, 0.25) is 0 Å². The molecule has 2 aliphatic heterocycles. The molecule has 4 aromatic heterocycles. The Hall–Kier alpha value is -4.64. The van der Waals surface area contributed by atoms with E-state index in [9.17, 15) is 0 Å². The maximum atomic E-state index is 4.62. The fraction of sp³-hybridized carbons (Fsp3) is 0. The van der Waals surface area contributed by atoms with Crippen molar-refractivity contribution in [3.63, 3.8) is 0 Å². The minimum absolute atomic E-state index is 0.915. The van der Waals surface area contributed by atoms with Crippen LogP contribution in [0, 0.1) is 0 Å². The van der Waals surface area contributed by atoms with E-state index in [2.05, 4.69) is 67.4 Å². The molecule has 2 aliphatic rings. The summed E-state index contributed by atoms with van der Waals surface area (Å²) in [7, 11) is 0. The van der Waals surface area contributed by atoms with Gasteiger partial charge in [0.05, 0.1) is 22.8 Å². The molecule has 8 bridgehead atoms. The first-order chi connectivity index (χ1) is 16.3. The standard InChI is InChI=1S/C20H14N4.C8H7N/c1-2-14-10-16-5-6-18(23-16)12-20-8-7-19(24-20)11-17-4-3-15(22-17)9-13(1)21-14;1-2-4-8-6-9-5-7(8)3-1/h1-12,21-22H;1-6,9H. The van der Waals surface area contributed by atoms with E-state index in [0.717, 1.165) is 44.8 Å². The quantitative estimate of drug-likeness (QED) is 0.248. The number of aromatic nitrogens is 5. The molecule has 5 aromatic rings. The van der Waals surface area contributed by atoms with Crippen molar-refractivity contribution in [3.05, 3.63) is 108 Å². The van der Waals surface area contributed by atoms with E-state index in [4.69, 9.17) is 0 Å². The third-order valence-corrected chi connectivity index (χ3v) is 5.52. The van der Waals surface area contributed by atoms with Gasteiger partial charge in [-0.1, -0.05) is 24.3 Å². The lowest BCUT2D eigenvalue weighted by atomic mass is 10.2. The van der Waals surface area contributed by atoms with Crippen LogP contribution in [0.2, 0.25) is 0 Å². The summed E-state index contributed by atoms with van der Waals surface area (Å²) < 4.78 is 0. The van der Waals surface area contributed by atoms with E-state index in [0.29, 0.717) is 0 Å². The Morgan fingerprint density at radius 1 is 0.455 bits per heavy atom. The summed E-state index contributed by atoms with van der Waals surface area (Å²) in [6.45, 7) is 0. The van der Waals surface area contributed by atoms with Gasteiger partial charge in [-0.2, -0.15) is 0 Å². The highest BCUT2D eigenvalue weighted by atomic mass is 14.8. The number of nitrogens with zero attached hydrogens (tertiary/aromatic N) is 2. The molecule has 0 unspecified atom stereocenters. The van der Waals surface area contributed by atoms with Crippen molar-refractivity contribution >= 4 is 57.1 Å². The molecule has 0 aliphatic carbocycles. The van der Waals surface area contributed by atoms with E-state index >= 15 is 0 Å². The van der Waals surface area contributed by atoms with Crippen molar-refractivity contribution in [2.75, 3.05) is 0 Å². The van der Waals surface area contributed by atoms with Crippen molar-refractivity contribution < 1.29 is 0 Å². The van der Waals surface area contributed by atoms with Crippen LogP contribution in [0.1, 0.15) is 22.8 Å². The normalized spacial score (nSPS) is 12.0. The van der Waals surface area contributed by atoms with Crippen LogP contribution in [0.15, 0.2) is 85.2 Å². The lowest BCUT2D eigenvalue weighted by Crippen LogP contribution is -1.77. The highest BCUT2D eigenvalue weighted by Gasteiger charge is 2.02. The molecule has 1 aromatic carbocycles. The van der Waals surface area contributed by atoms with Gasteiger partial charge in [0.25, 0.3) is 0 Å². The summed E-state index contributed by atoms with van der Waals surface area (Å²) in [4.78, 5) is 19.1. The summed E-state index contributed by atoms with van der Waals surface area (Å²) in [6.07, 6.45) is 12.0. The number of rotatable bonds is 0. The van der Waals surface area contributed by atoms with Gasteiger partial charge in [0.15, 0.2) is 0 Å². The largest absolute Gasteiger partial charge is 0.366 e. The van der Waals surface area contributed by atoms with Crippen LogP contribution in [-0.4, -0.2) is 24.9 Å². The molecule has 33 heavy (non-hydrogen) atoms. The maximum Gasteiger partial charge on any atom is 0.0659 e. The lowest BCUT2D eigenvalue weighted by Gasteiger charge is -1.86. The Kier molecular flexibility index (Phi) is 4.70. The third kappa shape index (κ3) is 4.25. The first-order valence-electron chi connectivity index (χ1n) is 10.8. The molecule has 0 spiro atoms. The van der Waals surface area contributed by atoms with Gasteiger partial charge in [0, 0.05) is 34.5 Å². The molecule has 0 fully saturated rings. The van der Waals surface area contributed by atoms with Gasteiger partial charge in [-0.25, -0.2) is 9.97 Å². The van der Waals surface area contributed by atoms with Crippen LogP contribution < -0.4 is 0 Å². The minimum Gasteiger partial charge on any atom is -0.366 e. The van der Waals surface area contributed by atoms with Crippen LogP contribution in [-0.2, 0) is 0 Å². The highest BCUT2D eigenvalue weighted by Crippen LogP contribution is 2.17. The predicted octanol–water partition coefficient (Wildman–Crippen LogP) is 6.82. The second-order valence-corrected chi connectivity index (χ2v) is 7.99. The Morgan fingerprint density at radius 2 is 0.879 bits per heavy atom. The molecule has 0 radical (unpaired) electrons. The molecule has 6 heterocycles. The van der Waals surface area contributed by atoms with Crippen molar-refractivity contribution in [2.45, 2.75) is 0 Å². The number of aromatic amines is 3. The van der Waals surface area contributed by atoms with Crippen LogP contribution >= 0.6 is 0 Å². The number of H-pyrrole nitrogens is 3. The summed E-state index contributed by atoms with van der Waals surface area (Å²) >= 11 is 0. The Morgan fingerprint density at radius 3 is 1.36 bits per heavy atom. The van der Waals surface area contributed by atoms with Gasteiger partial charge in [-0.15, -0.1) is 0 Å². The van der Waals surface area contributed by atoms with Crippen molar-refractivity contribution in [1.82, 2.24) is 24.9 Å². The van der Waals surface area contributed by atoms with E-state index in [1.165, 1.54) is 10.8 Å². The molecular formula is C28H21N5. The minimum atomic E-state index is 0.915. The average Bonchev–Trinajstić information content (AvgIpc) is 3.63. The fourth-order valence-corrected chi connectivity index (χ4v) is 3.94. The van der Waals surface area contributed by atoms with Crippen LogP contribution in [0.4, 0.5) is 0 Å². The molecule has 5 nitrogen and oxygen atoms in total. The molecule has 3 N–H and O–H groups in total. The van der Waals surface area contributed by atoms with Gasteiger partial charge >= 0.3 is 0 Å². The zero-order chi connectivity index (χ0) is 22.0. The van der Waals surface area contributed by atoms with E-state index < -0.39 is 0 Å². The Labute approximate surface area is 190 Å². The van der Waals surface area contributed by atoms with Gasteiger partial charge in [0.1, 0.15) is 0 Å². The first kappa shape index (κ1) is 19.1. The summed E-state index contributed by atoms with van der Waals surface area (Å²) in [5.74, 6) is 0. The summed E-state index contributed by atoms with van der Waals surface area (Å²) in [6, 6.07) is 24.7. The topological polar surface area (TPSA) is 73.2 Å². The molecule has 5 heteroatoms. The van der Waals surface area contributed by atoms with Crippen molar-refractivity contribution in [3.8, 4) is 0 Å². The predicted molar refractivity (Wildman–Crippen MR) is 137 cm³/mol. The first-order valence-corrected chi connectivity index (χ1v) is 10.8. The third-order valence-electron chi connectivity index (χ3n) is 5.52. The molecular weight excluding hydrogens is 406 g/mol. The van der Waals surface area contributed by atoms with Crippen LogP contribution in [0.3, 0.4) is 0 Å². The SMILES string of the molecule is C1=Cc2cc3ccc(cc4ccc(cc5nc(cc1n2)C=C5)[nH]4)[nH]3.c1ccc2c[nH]cc2c1. The van der Waals surface area contributed by atoms with E-state index in [-0.39, 0.29) is 0 Å². The number of nitrogens with one attached hydrogen (secondary N) is 3. The Bertz CT molecular complexity index is 1560. The van der Waals surface area contributed by atoms with Crippen molar-refractivity contribution in [1.29, 1.82) is 0 Å². The summed E-state index contributed by atoms with van der Waals surface area (Å²) in [5.41, 5.74) is 7.86. The molecule has 0 amide bonds. The van der Waals surface area contributed by atoms with Gasteiger partial charge in [-0.05, 0) is 83.6 Å². The number of hydrogen-bond donors (Lipinski definition) is 3. The zero-order valence-electron chi connectivity index (χ0n) is 17.8. The maximum absolute atomic E-state index is 4.62. The van der Waals surface area contributed by atoms with E-state index in [1.807, 2.05) is 67.0 Å². The van der Waals surface area contributed by atoms with E-state index in [1.54, 1.807) is 0 Å². The number of hydrogen-bond acceptors (Lipinski definition) is 2. The number of benzene rings is 1. The smallest absolute Gasteiger partial charge is 0.0659 e. The molecule has 7 rings (SSSR count). The molecule has 0 saturated heterocycles. The summed E-state index contributed by atoms with van der Waals surface area (Å²) in [5, 5.41) is 2.55. The van der Waals surface area contributed by atoms with Gasteiger partial charge < -0.3 is 15.0 Å². The second kappa shape index (κ2) is 8.13. The fourth-order valence-electron chi connectivity index (χ4n) is 3.94. The molecule has 158 valence electrons. The average molecular weight is 428 g/mol. The van der Waals surface area contributed by atoms with Crippen LogP contribution in [0.25, 0.3) is 57.1 Å². The molecule has 0 atom stereocenters. The zero-order valence-corrected chi connectivity index (χ0v) is 17.8. The lowest BCUT2D eigenvalue weighted by molar-refractivity contribution is 1.28. The highest BCUT2D eigenvalue weighted by molar-refractivity contribution is 5.81.